The SMILES string of the molecule is Cc1cccc(C)c1CC(NN)c1ccc(F)cc1Cl. The second kappa shape index (κ2) is 6.35. The Morgan fingerprint density at radius 2 is 1.85 bits per heavy atom. The van der Waals surface area contributed by atoms with Crippen molar-refractivity contribution in [1.82, 2.24) is 5.43 Å². The van der Waals surface area contributed by atoms with Gasteiger partial charge in [-0.3, -0.25) is 11.3 Å². The number of hydrogen-bond donors (Lipinski definition) is 2. The predicted molar refractivity (Wildman–Crippen MR) is 81.1 cm³/mol. The van der Waals surface area contributed by atoms with Crippen molar-refractivity contribution in [2.45, 2.75) is 26.3 Å². The zero-order chi connectivity index (χ0) is 14.7. The molecule has 0 aliphatic heterocycles. The van der Waals surface area contributed by atoms with E-state index in [-0.39, 0.29) is 11.9 Å². The van der Waals surface area contributed by atoms with E-state index >= 15 is 0 Å². The van der Waals surface area contributed by atoms with Gasteiger partial charge in [0.05, 0.1) is 6.04 Å². The van der Waals surface area contributed by atoms with Gasteiger partial charge in [0, 0.05) is 5.02 Å². The van der Waals surface area contributed by atoms with Crippen molar-refractivity contribution in [3.05, 3.63) is 69.5 Å². The highest BCUT2D eigenvalue weighted by molar-refractivity contribution is 6.31. The Bertz CT molecular complexity index is 593. The van der Waals surface area contributed by atoms with E-state index in [2.05, 4.69) is 31.4 Å². The maximum Gasteiger partial charge on any atom is 0.124 e. The lowest BCUT2D eigenvalue weighted by atomic mass is 9.93. The molecule has 3 N–H and O–H groups in total. The summed E-state index contributed by atoms with van der Waals surface area (Å²) in [6, 6.07) is 10.4. The first-order valence-corrected chi connectivity index (χ1v) is 6.87. The van der Waals surface area contributed by atoms with Gasteiger partial charge in [-0.2, -0.15) is 0 Å². The average Bonchev–Trinajstić information content (AvgIpc) is 2.40. The summed E-state index contributed by atoms with van der Waals surface area (Å²) < 4.78 is 13.1. The van der Waals surface area contributed by atoms with Gasteiger partial charge < -0.3 is 0 Å². The number of benzene rings is 2. The Labute approximate surface area is 123 Å². The number of hydrazine groups is 1. The molecule has 2 aromatic carbocycles. The van der Waals surface area contributed by atoms with E-state index in [1.54, 1.807) is 6.07 Å². The lowest BCUT2D eigenvalue weighted by Gasteiger charge is -2.20. The van der Waals surface area contributed by atoms with E-state index in [0.29, 0.717) is 11.4 Å². The van der Waals surface area contributed by atoms with Crippen molar-refractivity contribution in [2.75, 3.05) is 0 Å². The molecule has 2 rings (SSSR count). The lowest BCUT2D eigenvalue weighted by molar-refractivity contribution is 0.547. The zero-order valence-corrected chi connectivity index (χ0v) is 12.3. The molecule has 2 aromatic rings. The Hall–Kier alpha value is -1.42. The molecular weight excluding hydrogens is 275 g/mol. The number of aryl methyl sites for hydroxylation is 2. The molecular formula is C16H18ClFN2. The highest BCUT2D eigenvalue weighted by Gasteiger charge is 2.16. The Morgan fingerprint density at radius 3 is 2.40 bits per heavy atom. The molecule has 0 saturated heterocycles. The van der Waals surface area contributed by atoms with Crippen LogP contribution in [0.25, 0.3) is 0 Å². The third kappa shape index (κ3) is 3.18. The van der Waals surface area contributed by atoms with Crippen molar-refractivity contribution in [3.8, 4) is 0 Å². The predicted octanol–water partition coefficient (Wildman–Crippen LogP) is 3.84. The van der Waals surface area contributed by atoms with Gasteiger partial charge in [0.2, 0.25) is 0 Å². The van der Waals surface area contributed by atoms with Crippen LogP contribution in [-0.4, -0.2) is 0 Å². The zero-order valence-electron chi connectivity index (χ0n) is 11.6. The average molecular weight is 293 g/mol. The molecule has 1 atom stereocenters. The summed E-state index contributed by atoms with van der Waals surface area (Å²) in [7, 11) is 0. The molecule has 0 aromatic heterocycles. The van der Waals surface area contributed by atoms with Gasteiger partial charge in [-0.25, -0.2) is 4.39 Å². The summed E-state index contributed by atoms with van der Waals surface area (Å²) in [5.74, 6) is 5.31. The van der Waals surface area contributed by atoms with Gasteiger partial charge in [-0.05, 0) is 54.7 Å². The van der Waals surface area contributed by atoms with Crippen LogP contribution in [0.5, 0.6) is 0 Å². The maximum absolute atomic E-state index is 13.1. The molecule has 0 amide bonds. The normalized spacial score (nSPS) is 12.4. The second-order valence-corrected chi connectivity index (χ2v) is 5.37. The number of nitrogens with two attached hydrogens (primary N) is 1. The largest absolute Gasteiger partial charge is 0.271 e. The monoisotopic (exact) mass is 292 g/mol. The molecule has 4 heteroatoms. The fraction of sp³-hybridized carbons (Fsp3) is 0.250. The topological polar surface area (TPSA) is 38.0 Å². The van der Waals surface area contributed by atoms with Crippen LogP contribution in [-0.2, 0) is 6.42 Å². The smallest absolute Gasteiger partial charge is 0.124 e. The Kier molecular flexibility index (Phi) is 4.76. The quantitative estimate of drug-likeness (QED) is 0.664. The Morgan fingerprint density at radius 1 is 1.20 bits per heavy atom. The van der Waals surface area contributed by atoms with Crippen LogP contribution in [0.2, 0.25) is 5.02 Å². The highest BCUT2D eigenvalue weighted by Crippen LogP contribution is 2.28. The third-order valence-corrected chi connectivity index (χ3v) is 3.92. The van der Waals surface area contributed by atoms with E-state index in [4.69, 9.17) is 17.4 Å². The molecule has 20 heavy (non-hydrogen) atoms. The minimum absolute atomic E-state index is 0.150. The molecule has 0 saturated carbocycles. The van der Waals surface area contributed by atoms with Gasteiger partial charge in [-0.1, -0.05) is 35.9 Å². The first-order valence-electron chi connectivity index (χ1n) is 6.49. The van der Waals surface area contributed by atoms with Crippen molar-refractivity contribution in [2.24, 2.45) is 5.84 Å². The van der Waals surface area contributed by atoms with E-state index in [0.717, 1.165) is 5.56 Å². The van der Waals surface area contributed by atoms with Crippen molar-refractivity contribution in [3.63, 3.8) is 0 Å². The number of hydrogen-bond acceptors (Lipinski definition) is 2. The standard InChI is InChI=1S/C16H18ClFN2/c1-10-4-3-5-11(2)14(10)9-16(20-19)13-7-6-12(18)8-15(13)17/h3-8,16,20H,9,19H2,1-2H3. The molecule has 0 bridgehead atoms. The van der Waals surface area contributed by atoms with Crippen LogP contribution in [0.15, 0.2) is 36.4 Å². The first-order chi connectivity index (χ1) is 9.52. The fourth-order valence-electron chi connectivity index (χ4n) is 2.42. The van der Waals surface area contributed by atoms with E-state index in [1.165, 1.54) is 28.8 Å². The van der Waals surface area contributed by atoms with Crippen LogP contribution in [0.3, 0.4) is 0 Å². The van der Waals surface area contributed by atoms with E-state index in [1.807, 2.05) is 6.07 Å². The fourth-order valence-corrected chi connectivity index (χ4v) is 2.72. The van der Waals surface area contributed by atoms with Gasteiger partial charge in [-0.15, -0.1) is 0 Å². The molecule has 0 aliphatic carbocycles. The minimum Gasteiger partial charge on any atom is -0.271 e. The first kappa shape index (κ1) is 15.0. The van der Waals surface area contributed by atoms with E-state index in [9.17, 15) is 4.39 Å². The van der Waals surface area contributed by atoms with Gasteiger partial charge in [0.1, 0.15) is 5.82 Å². The number of nitrogens with one attached hydrogen (secondary N) is 1. The second-order valence-electron chi connectivity index (χ2n) is 4.96. The summed E-state index contributed by atoms with van der Waals surface area (Å²) in [5.41, 5.74) is 7.23. The molecule has 0 aliphatic rings. The van der Waals surface area contributed by atoms with Crippen LogP contribution >= 0.6 is 11.6 Å². The molecule has 106 valence electrons. The van der Waals surface area contributed by atoms with Crippen molar-refractivity contribution < 1.29 is 4.39 Å². The molecule has 1 unspecified atom stereocenters. The highest BCUT2D eigenvalue weighted by atomic mass is 35.5. The van der Waals surface area contributed by atoms with Gasteiger partial charge in [0.25, 0.3) is 0 Å². The summed E-state index contributed by atoms with van der Waals surface area (Å²) in [6.07, 6.45) is 0.709. The summed E-state index contributed by atoms with van der Waals surface area (Å²) >= 11 is 6.11. The molecule has 2 nitrogen and oxygen atoms in total. The van der Waals surface area contributed by atoms with Crippen LogP contribution in [0.1, 0.15) is 28.3 Å². The number of halogens is 2. The minimum atomic E-state index is -0.346. The van der Waals surface area contributed by atoms with Crippen LogP contribution in [0.4, 0.5) is 4.39 Å². The summed E-state index contributed by atoms with van der Waals surface area (Å²) in [4.78, 5) is 0. The van der Waals surface area contributed by atoms with E-state index < -0.39 is 0 Å². The molecule has 0 fully saturated rings. The van der Waals surface area contributed by atoms with Gasteiger partial charge >= 0.3 is 0 Å². The van der Waals surface area contributed by atoms with Gasteiger partial charge in [0.15, 0.2) is 0 Å². The lowest BCUT2D eigenvalue weighted by Crippen LogP contribution is -2.30. The van der Waals surface area contributed by atoms with Crippen LogP contribution < -0.4 is 11.3 Å². The Balaban J connectivity index is 2.34. The van der Waals surface area contributed by atoms with Crippen molar-refractivity contribution in [1.29, 1.82) is 0 Å². The number of rotatable bonds is 4. The molecule has 0 radical (unpaired) electrons. The summed E-state index contributed by atoms with van der Waals surface area (Å²) in [6.45, 7) is 4.14. The van der Waals surface area contributed by atoms with Crippen molar-refractivity contribution >= 4 is 11.6 Å². The maximum atomic E-state index is 13.1. The summed E-state index contributed by atoms with van der Waals surface area (Å²) in [5, 5.41) is 0.388. The third-order valence-electron chi connectivity index (χ3n) is 3.59. The van der Waals surface area contributed by atoms with Crippen LogP contribution in [0, 0.1) is 19.7 Å². The molecule has 0 heterocycles. The molecule has 0 spiro atoms.